The smallest absolute Gasteiger partial charge is 0.305 e. The lowest BCUT2D eigenvalue weighted by Gasteiger charge is -2.13. The summed E-state index contributed by atoms with van der Waals surface area (Å²) < 4.78 is 28.6. The van der Waals surface area contributed by atoms with Gasteiger partial charge >= 0.3 is 6.43 Å². The average Bonchev–Trinajstić information content (AvgIpc) is 2.06. The van der Waals surface area contributed by atoms with Crippen molar-refractivity contribution < 1.29 is 13.5 Å². The number of ether oxygens (including phenoxy) is 1. The number of hydrogen-bond donors (Lipinski definition) is 0. The largest absolute Gasteiger partial charge is 0.449 e. The van der Waals surface area contributed by atoms with Gasteiger partial charge in [-0.15, -0.1) is 0 Å². The molecule has 4 heteroatoms. The second kappa shape index (κ2) is 4.50. The highest BCUT2D eigenvalue weighted by molar-refractivity contribution is 7.80. The molecule has 0 heterocycles. The van der Waals surface area contributed by atoms with E-state index in [9.17, 15) is 8.78 Å². The molecule has 1 rings (SSSR count). The minimum Gasteiger partial charge on any atom is -0.449 e. The van der Waals surface area contributed by atoms with Crippen LogP contribution in [0.3, 0.4) is 0 Å². The predicted octanol–water partition coefficient (Wildman–Crippen LogP) is 3.05. The molecule has 0 fully saturated rings. The minimum absolute atomic E-state index is 0.603. The Labute approximate surface area is 75.4 Å². The standard InChI is InChI=1S/C8H10F2OS/c9-7(10)8(12)11-6-4-2-1-3-5-6/h4,7H,1-3,5H2. The molecule has 0 N–H and O–H groups in total. The number of rotatable bonds is 2. The van der Waals surface area contributed by atoms with Crippen molar-refractivity contribution >= 4 is 17.3 Å². The van der Waals surface area contributed by atoms with Gasteiger partial charge in [0.05, 0.1) is 0 Å². The fraction of sp³-hybridized carbons (Fsp3) is 0.625. The summed E-state index contributed by atoms with van der Waals surface area (Å²) in [5.41, 5.74) is 0. The molecule has 0 aromatic carbocycles. The Morgan fingerprint density at radius 2 is 2.25 bits per heavy atom. The first-order valence-electron chi connectivity index (χ1n) is 3.89. The number of thiocarbonyl (C=S) groups is 1. The molecule has 1 nitrogen and oxygen atoms in total. The first kappa shape index (κ1) is 9.58. The third-order valence-corrected chi connectivity index (χ3v) is 1.92. The van der Waals surface area contributed by atoms with Gasteiger partial charge in [-0.2, -0.15) is 0 Å². The van der Waals surface area contributed by atoms with E-state index in [2.05, 4.69) is 12.2 Å². The Kier molecular flexibility index (Phi) is 3.59. The zero-order valence-electron chi connectivity index (χ0n) is 6.56. The van der Waals surface area contributed by atoms with Crippen molar-refractivity contribution in [3.05, 3.63) is 11.8 Å². The number of hydrogen-bond acceptors (Lipinski definition) is 2. The van der Waals surface area contributed by atoms with Crippen LogP contribution in [0.5, 0.6) is 0 Å². The van der Waals surface area contributed by atoms with Crippen LogP contribution in [0.15, 0.2) is 11.8 Å². The van der Waals surface area contributed by atoms with Gasteiger partial charge in [0.2, 0.25) is 5.05 Å². The zero-order chi connectivity index (χ0) is 8.97. The molecule has 0 saturated heterocycles. The Bertz CT molecular complexity index is 201. The van der Waals surface area contributed by atoms with Crippen LogP contribution >= 0.6 is 12.2 Å². The lowest BCUT2D eigenvalue weighted by Crippen LogP contribution is -2.12. The lowest BCUT2D eigenvalue weighted by molar-refractivity contribution is 0.190. The van der Waals surface area contributed by atoms with E-state index >= 15 is 0 Å². The van der Waals surface area contributed by atoms with Gasteiger partial charge in [-0.05, 0) is 37.6 Å². The number of alkyl halides is 2. The third-order valence-electron chi connectivity index (χ3n) is 1.66. The molecule has 1 aliphatic carbocycles. The first-order chi connectivity index (χ1) is 5.70. The van der Waals surface area contributed by atoms with Crippen molar-refractivity contribution in [1.82, 2.24) is 0 Å². The van der Waals surface area contributed by atoms with Gasteiger partial charge in [-0.25, -0.2) is 8.78 Å². The summed E-state index contributed by atoms with van der Waals surface area (Å²) in [5, 5.41) is -0.608. The highest BCUT2D eigenvalue weighted by Gasteiger charge is 2.15. The SMILES string of the molecule is FC(F)C(=S)OC1=CCCCC1. The summed E-state index contributed by atoms with van der Waals surface area (Å²) in [6, 6.07) is 0. The maximum absolute atomic E-state index is 11.9. The zero-order valence-corrected chi connectivity index (χ0v) is 7.37. The molecule has 0 unspecified atom stereocenters. The van der Waals surface area contributed by atoms with E-state index in [-0.39, 0.29) is 0 Å². The van der Waals surface area contributed by atoms with Gasteiger partial charge in [0.15, 0.2) is 0 Å². The van der Waals surface area contributed by atoms with Gasteiger partial charge in [0, 0.05) is 6.42 Å². The maximum atomic E-state index is 11.9. The fourth-order valence-electron chi connectivity index (χ4n) is 1.08. The monoisotopic (exact) mass is 192 g/mol. The van der Waals surface area contributed by atoms with Gasteiger partial charge in [-0.3, -0.25) is 0 Å². The number of halogens is 2. The lowest BCUT2D eigenvalue weighted by atomic mass is 10.1. The van der Waals surface area contributed by atoms with E-state index in [1.54, 1.807) is 0 Å². The molecular formula is C8H10F2OS. The first-order valence-corrected chi connectivity index (χ1v) is 4.30. The molecule has 1 aliphatic rings. The van der Waals surface area contributed by atoms with Gasteiger partial charge in [0.25, 0.3) is 0 Å². The van der Waals surface area contributed by atoms with E-state index in [1.807, 2.05) is 6.08 Å². The summed E-state index contributed by atoms with van der Waals surface area (Å²) in [6.07, 6.45) is 2.92. The predicted molar refractivity (Wildman–Crippen MR) is 46.2 cm³/mol. The number of allylic oxidation sites excluding steroid dienone is 2. The summed E-state index contributed by atoms with van der Waals surface area (Å²) in [6.45, 7) is 0. The van der Waals surface area contributed by atoms with Crippen LogP contribution in [0, 0.1) is 0 Å². The Balaban J connectivity index is 2.39. The molecule has 0 saturated carbocycles. The van der Waals surface area contributed by atoms with Crippen molar-refractivity contribution in [1.29, 1.82) is 0 Å². The van der Waals surface area contributed by atoms with Crippen LogP contribution in [-0.2, 0) is 4.74 Å². The van der Waals surface area contributed by atoms with Crippen LogP contribution in [0.1, 0.15) is 25.7 Å². The molecule has 0 bridgehead atoms. The van der Waals surface area contributed by atoms with Crippen molar-refractivity contribution in [2.24, 2.45) is 0 Å². The second-order valence-corrected chi connectivity index (χ2v) is 3.04. The molecule has 12 heavy (non-hydrogen) atoms. The molecular weight excluding hydrogens is 182 g/mol. The molecule has 0 radical (unpaired) electrons. The summed E-state index contributed by atoms with van der Waals surface area (Å²) in [5.74, 6) is 0.603. The van der Waals surface area contributed by atoms with Gasteiger partial charge in [0.1, 0.15) is 5.76 Å². The maximum Gasteiger partial charge on any atom is 0.305 e. The van der Waals surface area contributed by atoms with Crippen LogP contribution in [0.4, 0.5) is 8.78 Å². The Morgan fingerprint density at radius 3 is 2.75 bits per heavy atom. The highest BCUT2D eigenvalue weighted by atomic mass is 32.1. The Morgan fingerprint density at radius 1 is 1.50 bits per heavy atom. The van der Waals surface area contributed by atoms with E-state index in [4.69, 9.17) is 4.74 Å². The topological polar surface area (TPSA) is 9.23 Å². The van der Waals surface area contributed by atoms with E-state index in [0.717, 1.165) is 25.7 Å². The average molecular weight is 192 g/mol. The molecule has 0 amide bonds. The van der Waals surface area contributed by atoms with Crippen LogP contribution in [0.25, 0.3) is 0 Å². The second-order valence-electron chi connectivity index (χ2n) is 2.64. The van der Waals surface area contributed by atoms with Crippen LogP contribution < -0.4 is 0 Å². The van der Waals surface area contributed by atoms with Crippen molar-refractivity contribution in [2.45, 2.75) is 32.1 Å². The molecule has 0 aliphatic heterocycles. The minimum atomic E-state index is -2.65. The van der Waals surface area contributed by atoms with Crippen molar-refractivity contribution in [2.75, 3.05) is 0 Å². The molecule has 0 spiro atoms. The molecule has 0 aromatic heterocycles. The van der Waals surface area contributed by atoms with Crippen molar-refractivity contribution in [3.8, 4) is 0 Å². The highest BCUT2D eigenvalue weighted by Crippen LogP contribution is 2.19. The molecule has 0 atom stereocenters. The van der Waals surface area contributed by atoms with E-state index < -0.39 is 11.5 Å². The van der Waals surface area contributed by atoms with Crippen LogP contribution in [-0.4, -0.2) is 11.5 Å². The third kappa shape index (κ3) is 2.85. The Hall–Kier alpha value is -0.510. The van der Waals surface area contributed by atoms with E-state index in [1.165, 1.54) is 0 Å². The van der Waals surface area contributed by atoms with Gasteiger partial charge in [-0.1, -0.05) is 0 Å². The normalized spacial score (nSPS) is 17.4. The summed E-state index contributed by atoms with van der Waals surface area (Å²) in [4.78, 5) is 0. The van der Waals surface area contributed by atoms with E-state index in [0.29, 0.717) is 5.76 Å². The fourth-order valence-corrected chi connectivity index (χ4v) is 1.18. The summed E-state index contributed by atoms with van der Waals surface area (Å²) in [7, 11) is 0. The van der Waals surface area contributed by atoms with Crippen LogP contribution in [0.2, 0.25) is 0 Å². The summed E-state index contributed by atoms with van der Waals surface area (Å²) >= 11 is 4.35. The molecule has 0 aromatic rings. The molecule has 68 valence electrons. The van der Waals surface area contributed by atoms with Crippen molar-refractivity contribution in [3.63, 3.8) is 0 Å². The van der Waals surface area contributed by atoms with Gasteiger partial charge < -0.3 is 4.74 Å². The quantitative estimate of drug-likeness (QED) is 0.622.